The molecule has 0 bridgehead atoms. The number of hydrogen-bond acceptors (Lipinski definition) is 6. The molecule has 1 fully saturated rings. The van der Waals surface area contributed by atoms with Crippen molar-refractivity contribution in [2.24, 2.45) is 0 Å². The van der Waals surface area contributed by atoms with Gasteiger partial charge in [0.25, 0.3) is 5.91 Å². The summed E-state index contributed by atoms with van der Waals surface area (Å²) in [7, 11) is 0. The van der Waals surface area contributed by atoms with Gasteiger partial charge in [0.05, 0.1) is 18.3 Å². The lowest BCUT2D eigenvalue weighted by atomic mass is 9.96. The zero-order valence-corrected chi connectivity index (χ0v) is 19.8. The van der Waals surface area contributed by atoms with Gasteiger partial charge in [-0.15, -0.1) is 0 Å². The minimum Gasteiger partial charge on any atom is -0.343 e. The lowest BCUT2D eigenvalue weighted by molar-refractivity contribution is -0.131. The molecule has 35 heavy (non-hydrogen) atoms. The van der Waals surface area contributed by atoms with Crippen LogP contribution >= 0.6 is 0 Å². The van der Waals surface area contributed by atoms with Crippen LogP contribution in [0.5, 0.6) is 0 Å². The fourth-order valence-corrected chi connectivity index (χ4v) is 4.46. The summed E-state index contributed by atoms with van der Waals surface area (Å²) in [6.45, 7) is 5.36. The van der Waals surface area contributed by atoms with E-state index < -0.39 is 0 Å². The highest BCUT2D eigenvalue weighted by Crippen LogP contribution is 2.30. The van der Waals surface area contributed by atoms with Crippen molar-refractivity contribution in [1.29, 1.82) is 0 Å². The molecular weight excluding hydrogens is 444 g/mol. The molecule has 0 aliphatic carbocycles. The summed E-state index contributed by atoms with van der Waals surface area (Å²) in [5.74, 6) is 0.923. The van der Waals surface area contributed by atoms with Crippen molar-refractivity contribution in [1.82, 2.24) is 30.1 Å². The molecule has 3 heterocycles. The van der Waals surface area contributed by atoms with Crippen molar-refractivity contribution < 1.29 is 14.1 Å². The molecule has 2 aromatic heterocycles. The van der Waals surface area contributed by atoms with E-state index >= 15 is 0 Å². The number of piperidine rings is 1. The van der Waals surface area contributed by atoms with E-state index in [1.165, 1.54) is 0 Å². The molecule has 0 radical (unpaired) electrons. The van der Waals surface area contributed by atoms with Crippen LogP contribution in [0.15, 0.2) is 59.3 Å². The summed E-state index contributed by atoms with van der Waals surface area (Å²) in [6, 6.07) is 15.2. The van der Waals surface area contributed by atoms with Crippen molar-refractivity contribution in [3.63, 3.8) is 0 Å². The maximum absolute atomic E-state index is 12.6. The average Bonchev–Trinajstić information content (AvgIpc) is 3.55. The van der Waals surface area contributed by atoms with Gasteiger partial charge in [-0.3, -0.25) is 14.3 Å². The molecule has 4 aromatic rings. The van der Waals surface area contributed by atoms with Crippen LogP contribution in [0, 0.1) is 0 Å². The highest BCUT2D eigenvalue weighted by atomic mass is 16.5. The van der Waals surface area contributed by atoms with Gasteiger partial charge in [0.15, 0.2) is 0 Å². The Hall–Kier alpha value is -4.01. The Morgan fingerprint density at radius 2 is 1.89 bits per heavy atom. The first kappa shape index (κ1) is 22.8. The number of likely N-dealkylation sites (tertiary alicyclic amines) is 1. The summed E-state index contributed by atoms with van der Waals surface area (Å²) in [6.07, 6.45) is 3.33. The number of benzene rings is 2. The van der Waals surface area contributed by atoms with E-state index in [2.05, 4.69) is 34.4 Å². The van der Waals surface area contributed by atoms with E-state index in [4.69, 9.17) is 4.52 Å². The van der Waals surface area contributed by atoms with Gasteiger partial charge in [-0.1, -0.05) is 23.4 Å². The monoisotopic (exact) mass is 472 g/mol. The SMILES string of the molecule is CC(C)n1ncc2cc(-c3noc(C4CCN(C(=O)CNC(=O)c5ccccc5)CC4)n3)ccc21. The summed E-state index contributed by atoms with van der Waals surface area (Å²) >= 11 is 0. The van der Waals surface area contributed by atoms with Gasteiger partial charge in [0.1, 0.15) is 0 Å². The molecule has 2 aromatic carbocycles. The van der Waals surface area contributed by atoms with Crippen LogP contribution in [0.1, 0.15) is 54.9 Å². The van der Waals surface area contributed by atoms with E-state index in [0.717, 1.165) is 29.3 Å². The Balaban J connectivity index is 1.17. The highest BCUT2D eigenvalue weighted by molar-refractivity contribution is 5.96. The van der Waals surface area contributed by atoms with Crippen LogP contribution in [0.25, 0.3) is 22.3 Å². The second-order valence-electron chi connectivity index (χ2n) is 9.12. The fraction of sp³-hybridized carbons (Fsp3) is 0.346. The zero-order valence-electron chi connectivity index (χ0n) is 19.8. The number of nitrogens with zero attached hydrogens (tertiary/aromatic N) is 5. The summed E-state index contributed by atoms with van der Waals surface area (Å²) in [5.41, 5.74) is 2.50. The van der Waals surface area contributed by atoms with Gasteiger partial charge in [0, 0.05) is 41.6 Å². The molecule has 180 valence electrons. The first-order valence-electron chi connectivity index (χ1n) is 11.9. The van der Waals surface area contributed by atoms with Gasteiger partial charge in [0.2, 0.25) is 17.6 Å². The van der Waals surface area contributed by atoms with Crippen molar-refractivity contribution in [3.8, 4) is 11.4 Å². The topological polar surface area (TPSA) is 106 Å². The first-order chi connectivity index (χ1) is 17.0. The van der Waals surface area contributed by atoms with Crippen LogP contribution in [0.2, 0.25) is 0 Å². The standard InChI is InChI=1S/C26H28N6O3/c1-17(2)32-22-9-8-20(14-21(22)15-28-32)24-29-26(35-30-24)19-10-12-31(13-11-19)23(33)16-27-25(34)18-6-4-3-5-7-18/h3-9,14-15,17,19H,10-13,16H2,1-2H3,(H,27,34). The number of fused-ring (bicyclic) bond motifs is 1. The van der Waals surface area contributed by atoms with Gasteiger partial charge >= 0.3 is 0 Å². The molecule has 0 spiro atoms. The Kier molecular flexibility index (Phi) is 6.31. The molecular formula is C26H28N6O3. The number of hydrogen-bond donors (Lipinski definition) is 1. The number of carbonyl (C=O) groups excluding carboxylic acids is 2. The average molecular weight is 473 g/mol. The predicted molar refractivity (Wildman–Crippen MR) is 131 cm³/mol. The number of amides is 2. The number of nitrogens with one attached hydrogen (secondary N) is 1. The van der Waals surface area contributed by atoms with Crippen molar-refractivity contribution in [2.45, 2.75) is 38.6 Å². The summed E-state index contributed by atoms with van der Waals surface area (Å²) < 4.78 is 7.58. The van der Waals surface area contributed by atoms with Crippen LogP contribution in [0.4, 0.5) is 0 Å². The minimum atomic E-state index is -0.248. The largest absolute Gasteiger partial charge is 0.343 e. The molecule has 0 atom stereocenters. The van der Waals surface area contributed by atoms with Crippen LogP contribution < -0.4 is 5.32 Å². The zero-order chi connectivity index (χ0) is 24.4. The molecule has 0 saturated carbocycles. The van der Waals surface area contributed by atoms with Crippen molar-refractivity contribution >= 4 is 22.7 Å². The third-order valence-electron chi connectivity index (χ3n) is 6.42. The van der Waals surface area contributed by atoms with Gasteiger partial charge in [-0.2, -0.15) is 10.1 Å². The van der Waals surface area contributed by atoms with Gasteiger partial charge in [-0.25, -0.2) is 0 Å². The number of carbonyl (C=O) groups is 2. The minimum absolute atomic E-state index is 0.0149. The van der Waals surface area contributed by atoms with Crippen LogP contribution in [-0.2, 0) is 4.79 Å². The Morgan fingerprint density at radius 3 is 2.63 bits per heavy atom. The maximum atomic E-state index is 12.6. The molecule has 9 heteroatoms. The second kappa shape index (κ2) is 9.69. The van der Waals surface area contributed by atoms with E-state index in [1.54, 1.807) is 29.2 Å². The smallest absolute Gasteiger partial charge is 0.251 e. The Morgan fingerprint density at radius 1 is 1.11 bits per heavy atom. The fourth-order valence-electron chi connectivity index (χ4n) is 4.46. The number of aromatic nitrogens is 4. The molecule has 1 N–H and O–H groups in total. The third kappa shape index (κ3) is 4.80. The third-order valence-corrected chi connectivity index (χ3v) is 6.42. The molecule has 0 unspecified atom stereocenters. The molecule has 1 aliphatic heterocycles. The molecule has 9 nitrogen and oxygen atoms in total. The van der Waals surface area contributed by atoms with E-state index in [9.17, 15) is 9.59 Å². The Bertz CT molecular complexity index is 1340. The van der Waals surface area contributed by atoms with E-state index in [-0.39, 0.29) is 30.3 Å². The van der Waals surface area contributed by atoms with Crippen molar-refractivity contribution in [3.05, 3.63) is 66.2 Å². The van der Waals surface area contributed by atoms with E-state index in [0.29, 0.717) is 30.4 Å². The lowest BCUT2D eigenvalue weighted by Crippen LogP contribution is -2.43. The first-order valence-corrected chi connectivity index (χ1v) is 11.9. The number of rotatable bonds is 6. The van der Waals surface area contributed by atoms with Crippen molar-refractivity contribution in [2.75, 3.05) is 19.6 Å². The lowest BCUT2D eigenvalue weighted by Gasteiger charge is -2.30. The van der Waals surface area contributed by atoms with E-state index in [1.807, 2.05) is 35.1 Å². The normalized spacial score (nSPS) is 14.5. The highest BCUT2D eigenvalue weighted by Gasteiger charge is 2.28. The molecule has 1 aliphatic rings. The Labute approximate surface area is 203 Å². The predicted octanol–water partition coefficient (Wildman–Crippen LogP) is 3.80. The van der Waals surface area contributed by atoms with Crippen LogP contribution in [0.3, 0.4) is 0 Å². The second-order valence-corrected chi connectivity index (χ2v) is 9.12. The quantitative estimate of drug-likeness (QED) is 0.458. The summed E-state index contributed by atoms with van der Waals surface area (Å²) in [5, 5.41) is 12.4. The summed E-state index contributed by atoms with van der Waals surface area (Å²) in [4.78, 5) is 31.2. The molecule has 2 amide bonds. The van der Waals surface area contributed by atoms with Gasteiger partial charge in [-0.05, 0) is 57.0 Å². The van der Waals surface area contributed by atoms with Gasteiger partial charge < -0.3 is 14.7 Å². The molecule has 1 saturated heterocycles. The molecule has 5 rings (SSSR count). The van der Waals surface area contributed by atoms with Crippen LogP contribution in [-0.4, -0.2) is 56.3 Å². The maximum Gasteiger partial charge on any atom is 0.251 e.